The fourth-order valence-electron chi connectivity index (χ4n) is 3.19. The van der Waals surface area contributed by atoms with Crippen LogP contribution in [-0.2, 0) is 29.2 Å². The molecule has 0 saturated carbocycles. The van der Waals surface area contributed by atoms with Crippen LogP contribution in [0.2, 0.25) is 0 Å². The van der Waals surface area contributed by atoms with Crippen molar-refractivity contribution in [1.29, 1.82) is 0 Å². The molecule has 30 heavy (non-hydrogen) atoms. The minimum absolute atomic E-state index is 0.115. The molecule has 0 aliphatic heterocycles. The molecule has 160 valence electrons. The number of hydrogen-bond acceptors (Lipinski definition) is 6. The second-order valence-electron chi connectivity index (χ2n) is 7.01. The van der Waals surface area contributed by atoms with Gasteiger partial charge in [0.1, 0.15) is 24.0 Å². The summed E-state index contributed by atoms with van der Waals surface area (Å²) in [7, 11) is 0. The van der Waals surface area contributed by atoms with E-state index in [1.807, 2.05) is 20.8 Å². The molecule has 9 nitrogen and oxygen atoms in total. The average molecular weight is 414 g/mol. The van der Waals surface area contributed by atoms with E-state index in [2.05, 4.69) is 9.97 Å². The molecule has 3 rings (SSSR count). The maximum absolute atomic E-state index is 12.5. The van der Waals surface area contributed by atoms with E-state index in [0.717, 1.165) is 25.0 Å². The number of H-pyrrole nitrogens is 1. The number of carbonyl (C=O) groups excluding carboxylic acids is 1. The number of aromatic amines is 1. The van der Waals surface area contributed by atoms with Gasteiger partial charge in [-0.3, -0.25) is 14.3 Å². The number of nitrogens with one attached hydrogen (secondary N) is 1. The number of fused-ring (bicyclic) bond motifs is 1. The second kappa shape index (κ2) is 9.43. The van der Waals surface area contributed by atoms with Gasteiger partial charge in [-0.2, -0.15) is 0 Å². The van der Waals surface area contributed by atoms with Gasteiger partial charge < -0.3 is 13.7 Å². The predicted molar refractivity (Wildman–Crippen MR) is 112 cm³/mol. The molecule has 0 spiro atoms. The van der Waals surface area contributed by atoms with Gasteiger partial charge in [-0.05, 0) is 38.0 Å². The van der Waals surface area contributed by atoms with Crippen LogP contribution in [0.25, 0.3) is 17.2 Å². The lowest BCUT2D eigenvalue weighted by molar-refractivity contribution is -0.139. The van der Waals surface area contributed by atoms with E-state index in [9.17, 15) is 14.4 Å². The van der Waals surface area contributed by atoms with Gasteiger partial charge in [0.05, 0.1) is 0 Å². The Kier molecular flexibility index (Phi) is 6.71. The summed E-state index contributed by atoms with van der Waals surface area (Å²) in [4.78, 5) is 43.7. The topological polar surface area (TPSA) is 112 Å². The highest BCUT2D eigenvalue weighted by atomic mass is 16.5. The number of aryl methyl sites for hydroxylation is 3. The quantitative estimate of drug-likeness (QED) is 0.426. The Morgan fingerprint density at radius 1 is 1.20 bits per heavy atom. The summed E-state index contributed by atoms with van der Waals surface area (Å²) in [5.74, 6) is 1.16. The lowest BCUT2D eigenvalue weighted by Gasteiger charge is -2.07. The van der Waals surface area contributed by atoms with Crippen molar-refractivity contribution in [3.63, 3.8) is 0 Å². The Bertz CT molecular complexity index is 1180. The third-order valence-corrected chi connectivity index (χ3v) is 4.64. The van der Waals surface area contributed by atoms with Gasteiger partial charge in [0, 0.05) is 19.2 Å². The molecule has 0 saturated heterocycles. The van der Waals surface area contributed by atoms with Gasteiger partial charge in [0.2, 0.25) is 0 Å². The molecule has 9 heteroatoms. The van der Waals surface area contributed by atoms with Gasteiger partial charge in [0.25, 0.3) is 5.56 Å². The zero-order valence-corrected chi connectivity index (χ0v) is 17.4. The Labute approximate surface area is 173 Å². The standard InChI is InChI=1S/C21H26N4O5/c1-4-6-12-25-19-18(20(27)23-21(25)28)24(11-5-2)16(22-19)13-29-17(26)10-9-15-8-7-14(3)30-15/h7-10H,4-6,11-13H2,1-3H3,(H,23,27,28)/b10-9+. The molecular weight excluding hydrogens is 388 g/mol. The van der Waals surface area contributed by atoms with Crippen molar-refractivity contribution < 1.29 is 13.9 Å². The number of imidazole rings is 1. The first-order chi connectivity index (χ1) is 14.4. The number of rotatable bonds is 9. The van der Waals surface area contributed by atoms with E-state index < -0.39 is 17.2 Å². The van der Waals surface area contributed by atoms with Crippen LogP contribution < -0.4 is 11.2 Å². The van der Waals surface area contributed by atoms with Crippen LogP contribution in [0.1, 0.15) is 50.5 Å². The van der Waals surface area contributed by atoms with Crippen LogP contribution in [-0.4, -0.2) is 25.1 Å². The molecule has 3 aromatic rings. The maximum Gasteiger partial charge on any atom is 0.331 e. The van der Waals surface area contributed by atoms with Crippen molar-refractivity contribution in [2.24, 2.45) is 0 Å². The van der Waals surface area contributed by atoms with Crippen molar-refractivity contribution in [1.82, 2.24) is 19.1 Å². The zero-order valence-electron chi connectivity index (χ0n) is 17.4. The summed E-state index contributed by atoms with van der Waals surface area (Å²) >= 11 is 0. The number of aromatic nitrogens is 4. The normalized spacial score (nSPS) is 11.6. The van der Waals surface area contributed by atoms with Gasteiger partial charge in [-0.15, -0.1) is 0 Å². The molecule has 1 N–H and O–H groups in total. The van der Waals surface area contributed by atoms with E-state index in [0.29, 0.717) is 35.8 Å². The van der Waals surface area contributed by atoms with Crippen molar-refractivity contribution in [3.8, 4) is 0 Å². The second-order valence-corrected chi connectivity index (χ2v) is 7.01. The molecular formula is C21H26N4O5. The number of furan rings is 1. The van der Waals surface area contributed by atoms with Crippen molar-refractivity contribution >= 4 is 23.2 Å². The first-order valence-corrected chi connectivity index (χ1v) is 10.1. The molecule has 0 aromatic carbocycles. The van der Waals surface area contributed by atoms with Crippen LogP contribution in [0.4, 0.5) is 0 Å². The molecule has 0 amide bonds. The Hall–Kier alpha value is -3.36. The third kappa shape index (κ3) is 4.61. The first-order valence-electron chi connectivity index (χ1n) is 10.1. The summed E-state index contributed by atoms with van der Waals surface area (Å²) in [6.07, 6.45) is 5.22. The fraction of sp³-hybridized carbons (Fsp3) is 0.429. The molecule has 0 aliphatic rings. The first kappa shape index (κ1) is 21.4. The molecule has 0 bridgehead atoms. The van der Waals surface area contributed by atoms with Crippen LogP contribution in [0.3, 0.4) is 0 Å². The van der Waals surface area contributed by atoms with Crippen LogP contribution in [0.5, 0.6) is 0 Å². The summed E-state index contributed by atoms with van der Waals surface area (Å²) in [6, 6.07) is 3.55. The predicted octanol–water partition coefficient (Wildman–Crippen LogP) is 2.75. The van der Waals surface area contributed by atoms with Crippen LogP contribution in [0, 0.1) is 6.92 Å². The van der Waals surface area contributed by atoms with E-state index in [-0.39, 0.29) is 6.61 Å². The van der Waals surface area contributed by atoms with Crippen LogP contribution in [0.15, 0.2) is 32.2 Å². The number of nitrogens with zero attached hydrogens (tertiary/aromatic N) is 3. The Balaban J connectivity index is 1.89. The highest BCUT2D eigenvalue weighted by Crippen LogP contribution is 2.14. The Morgan fingerprint density at radius 3 is 2.67 bits per heavy atom. The van der Waals surface area contributed by atoms with Crippen LogP contribution >= 0.6 is 0 Å². The minimum Gasteiger partial charge on any atom is -0.462 e. The maximum atomic E-state index is 12.5. The molecule has 0 aliphatic carbocycles. The average Bonchev–Trinajstić information content (AvgIpc) is 3.29. The summed E-state index contributed by atoms with van der Waals surface area (Å²) < 4.78 is 13.9. The SMILES string of the molecule is CCCCn1c(=O)[nH]c(=O)c2c1nc(COC(=O)/C=C/c1ccc(C)o1)n2CCC. The summed E-state index contributed by atoms with van der Waals surface area (Å²) in [5.41, 5.74) is -0.338. The Morgan fingerprint density at radius 2 is 2.00 bits per heavy atom. The van der Waals surface area contributed by atoms with E-state index in [4.69, 9.17) is 9.15 Å². The van der Waals surface area contributed by atoms with E-state index in [1.54, 1.807) is 16.7 Å². The highest BCUT2D eigenvalue weighted by molar-refractivity contribution is 5.86. The van der Waals surface area contributed by atoms with Crippen molar-refractivity contribution in [3.05, 3.63) is 56.4 Å². The number of unbranched alkanes of at least 4 members (excludes halogenated alkanes) is 1. The minimum atomic E-state index is -0.559. The van der Waals surface area contributed by atoms with Gasteiger partial charge in [-0.25, -0.2) is 14.6 Å². The monoisotopic (exact) mass is 414 g/mol. The number of hydrogen-bond donors (Lipinski definition) is 1. The van der Waals surface area contributed by atoms with Gasteiger partial charge in [0.15, 0.2) is 11.2 Å². The van der Waals surface area contributed by atoms with Crippen molar-refractivity contribution in [2.45, 2.75) is 59.7 Å². The molecule has 3 aromatic heterocycles. The zero-order chi connectivity index (χ0) is 21.7. The van der Waals surface area contributed by atoms with E-state index >= 15 is 0 Å². The lowest BCUT2D eigenvalue weighted by atomic mass is 10.3. The van der Waals surface area contributed by atoms with Gasteiger partial charge in [-0.1, -0.05) is 20.3 Å². The van der Waals surface area contributed by atoms with Gasteiger partial charge >= 0.3 is 11.7 Å². The number of esters is 1. The molecule has 0 fully saturated rings. The third-order valence-electron chi connectivity index (χ3n) is 4.64. The van der Waals surface area contributed by atoms with Crippen molar-refractivity contribution in [2.75, 3.05) is 0 Å². The largest absolute Gasteiger partial charge is 0.462 e. The molecule has 0 unspecified atom stereocenters. The van der Waals surface area contributed by atoms with E-state index in [1.165, 1.54) is 16.7 Å². The lowest BCUT2D eigenvalue weighted by Crippen LogP contribution is -2.31. The highest BCUT2D eigenvalue weighted by Gasteiger charge is 2.18. The summed E-state index contributed by atoms with van der Waals surface area (Å²) in [5, 5.41) is 0. The fourth-order valence-corrected chi connectivity index (χ4v) is 3.19. The molecule has 0 atom stereocenters. The number of ether oxygens (including phenoxy) is 1. The number of carbonyl (C=O) groups is 1. The molecule has 0 radical (unpaired) electrons. The summed E-state index contributed by atoms with van der Waals surface area (Å²) in [6.45, 7) is 6.66. The molecule has 3 heterocycles. The smallest absolute Gasteiger partial charge is 0.331 e.